The van der Waals surface area contributed by atoms with Crippen LogP contribution in [0.25, 0.3) is 0 Å². The van der Waals surface area contributed by atoms with Crippen LogP contribution in [-0.4, -0.2) is 15.3 Å². The molecule has 0 saturated heterocycles. The Kier molecular flexibility index (Phi) is 3.57. The van der Waals surface area contributed by atoms with Gasteiger partial charge in [0, 0.05) is 24.7 Å². The summed E-state index contributed by atoms with van der Waals surface area (Å²) >= 11 is 0. The Hall–Kier alpha value is -0.830. The minimum absolute atomic E-state index is 0.00671. The summed E-state index contributed by atoms with van der Waals surface area (Å²) in [5.41, 5.74) is 9.05. The molecule has 0 spiro atoms. The normalized spacial score (nSPS) is 29.5. The molecule has 17 heavy (non-hydrogen) atoms. The lowest BCUT2D eigenvalue weighted by atomic mass is 9.70. The number of nitrogens with two attached hydrogens (primary N) is 1. The van der Waals surface area contributed by atoms with Crippen molar-refractivity contribution in [2.24, 2.45) is 18.7 Å². The predicted molar refractivity (Wildman–Crippen MR) is 70.8 cm³/mol. The Morgan fingerprint density at radius 3 is 2.88 bits per heavy atom. The first-order valence-corrected chi connectivity index (χ1v) is 6.83. The van der Waals surface area contributed by atoms with Crippen LogP contribution < -0.4 is 5.73 Å². The molecule has 0 bridgehead atoms. The molecular weight excluding hydrogens is 210 g/mol. The van der Waals surface area contributed by atoms with Crippen molar-refractivity contribution >= 4 is 0 Å². The minimum atomic E-state index is -0.00671. The Morgan fingerprint density at radius 1 is 1.53 bits per heavy atom. The van der Waals surface area contributed by atoms with Crippen LogP contribution >= 0.6 is 0 Å². The highest BCUT2D eigenvalue weighted by Crippen LogP contribution is 2.36. The van der Waals surface area contributed by atoms with Crippen LogP contribution in [0, 0.1) is 12.8 Å². The molecule has 96 valence electrons. The molecule has 1 fully saturated rings. The van der Waals surface area contributed by atoms with Crippen LogP contribution in [0.5, 0.6) is 0 Å². The molecule has 0 aliphatic heterocycles. The zero-order valence-corrected chi connectivity index (χ0v) is 11.4. The summed E-state index contributed by atoms with van der Waals surface area (Å²) < 4.78 is 1.99. The quantitative estimate of drug-likeness (QED) is 0.875. The van der Waals surface area contributed by atoms with Gasteiger partial charge in [-0.1, -0.05) is 26.2 Å². The van der Waals surface area contributed by atoms with Gasteiger partial charge in [-0.15, -0.1) is 0 Å². The number of hydrogen-bond donors (Lipinski definition) is 1. The third-order valence-corrected chi connectivity index (χ3v) is 4.36. The van der Waals surface area contributed by atoms with E-state index < -0.39 is 0 Å². The van der Waals surface area contributed by atoms with Gasteiger partial charge in [-0.2, -0.15) is 5.10 Å². The molecule has 1 saturated carbocycles. The van der Waals surface area contributed by atoms with E-state index >= 15 is 0 Å². The fraction of sp³-hybridized carbons (Fsp3) is 0.786. The second-order valence-corrected chi connectivity index (χ2v) is 5.66. The van der Waals surface area contributed by atoms with E-state index in [0.717, 1.165) is 18.5 Å². The third kappa shape index (κ3) is 2.54. The number of rotatable bonds is 3. The first kappa shape index (κ1) is 12.6. The van der Waals surface area contributed by atoms with Crippen molar-refractivity contribution in [2.45, 2.75) is 57.9 Å². The lowest BCUT2D eigenvalue weighted by Crippen LogP contribution is -2.51. The minimum Gasteiger partial charge on any atom is -0.324 e. The molecule has 1 aliphatic rings. The SMILES string of the molecule is CCC1CCCCC1(N)Cc1cc(C)nn1C. The van der Waals surface area contributed by atoms with Gasteiger partial charge in [0.2, 0.25) is 0 Å². The smallest absolute Gasteiger partial charge is 0.0596 e. The lowest BCUT2D eigenvalue weighted by molar-refractivity contribution is 0.179. The van der Waals surface area contributed by atoms with Crippen molar-refractivity contribution in [3.8, 4) is 0 Å². The Bertz CT molecular complexity index is 383. The monoisotopic (exact) mass is 235 g/mol. The summed E-state index contributed by atoms with van der Waals surface area (Å²) in [7, 11) is 2.02. The van der Waals surface area contributed by atoms with Gasteiger partial charge < -0.3 is 5.73 Å². The molecule has 0 radical (unpaired) electrons. The second-order valence-electron chi connectivity index (χ2n) is 5.66. The molecule has 2 atom stereocenters. The van der Waals surface area contributed by atoms with Gasteiger partial charge in [0.1, 0.15) is 0 Å². The molecule has 0 aromatic carbocycles. The molecule has 2 unspecified atom stereocenters. The van der Waals surface area contributed by atoms with Gasteiger partial charge in [-0.25, -0.2) is 0 Å². The average molecular weight is 235 g/mol. The summed E-state index contributed by atoms with van der Waals surface area (Å²) in [6.07, 6.45) is 7.27. The topological polar surface area (TPSA) is 43.8 Å². The molecule has 1 aromatic heterocycles. The Balaban J connectivity index is 2.17. The highest BCUT2D eigenvalue weighted by atomic mass is 15.3. The van der Waals surface area contributed by atoms with Crippen LogP contribution in [0.4, 0.5) is 0 Å². The van der Waals surface area contributed by atoms with Crippen molar-refractivity contribution in [3.63, 3.8) is 0 Å². The van der Waals surface area contributed by atoms with E-state index in [4.69, 9.17) is 5.73 Å². The molecule has 1 aromatic rings. The molecule has 0 amide bonds. The van der Waals surface area contributed by atoms with E-state index in [9.17, 15) is 0 Å². The van der Waals surface area contributed by atoms with Gasteiger partial charge in [0.25, 0.3) is 0 Å². The fourth-order valence-corrected chi connectivity index (χ4v) is 3.35. The molecule has 2 N–H and O–H groups in total. The average Bonchev–Trinajstić information content (AvgIpc) is 2.57. The van der Waals surface area contributed by atoms with Crippen LogP contribution in [0.3, 0.4) is 0 Å². The standard InChI is InChI=1S/C14H25N3/c1-4-12-7-5-6-8-14(12,15)10-13-9-11(2)16-17(13)3/h9,12H,4-8,10,15H2,1-3H3. The predicted octanol–water partition coefficient (Wildman–Crippen LogP) is 2.57. The second kappa shape index (κ2) is 4.81. The van der Waals surface area contributed by atoms with Gasteiger partial charge in [-0.3, -0.25) is 4.68 Å². The summed E-state index contributed by atoms with van der Waals surface area (Å²) in [6.45, 7) is 4.32. The first-order chi connectivity index (χ1) is 8.05. The van der Waals surface area contributed by atoms with Crippen molar-refractivity contribution in [1.29, 1.82) is 0 Å². The van der Waals surface area contributed by atoms with E-state index in [-0.39, 0.29) is 5.54 Å². The third-order valence-electron chi connectivity index (χ3n) is 4.36. The van der Waals surface area contributed by atoms with Gasteiger partial charge in [0.15, 0.2) is 0 Å². The molecule has 3 heteroatoms. The molecular formula is C14H25N3. The maximum Gasteiger partial charge on any atom is 0.0596 e. The Labute approximate surface area is 104 Å². The Morgan fingerprint density at radius 2 is 2.29 bits per heavy atom. The first-order valence-electron chi connectivity index (χ1n) is 6.83. The van der Waals surface area contributed by atoms with Crippen LogP contribution in [0.15, 0.2) is 6.07 Å². The molecule has 1 aliphatic carbocycles. The van der Waals surface area contributed by atoms with E-state index in [1.165, 1.54) is 31.4 Å². The maximum atomic E-state index is 6.68. The van der Waals surface area contributed by atoms with Crippen LogP contribution in [0.1, 0.15) is 50.4 Å². The largest absolute Gasteiger partial charge is 0.324 e. The van der Waals surface area contributed by atoms with Crippen LogP contribution in [0.2, 0.25) is 0 Å². The van der Waals surface area contributed by atoms with Crippen molar-refractivity contribution in [3.05, 3.63) is 17.5 Å². The summed E-state index contributed by atoms with van der Waals surface area (Å²) in [4.78, 5) is 0. The van der Waals surface area contributed by atoms with Gasteiger partial charge in [0.05, 0.1) is 5.69 Å². The molecule has 1 heterocycles. The van der Waals surface area contributed by atoms with Gasteiger partial charge in [-0.05, 0) is 31.7 Å². The molecule has 2 rings (SSSR count). The van der Waals surface area contributed by atoms with Crippen molar-refractivity contribution < 1.29 is 0 Å². The van der Waals surface area contributed by atoms with Crippen molar-refractivity contribution in [1.82, 2.24) is 9.78 Å². The van der Waals surface area contributed by atoms with E-state index in [1.54, 1.807) is 0 Å². The number of aryl methyl sites for hydroxylation is 2. The van der Waals surface area contributed by atoms with Crippen molar-refractivity contribution in [2.75, 3.05) is 0 Å². The highest BCUT2D eigenvalue weighted by Gasteiger charge is 2.36. The number of nitrogens with zero attached hydrogens (tertiary/aromatic N) is 2. The lowest BCUT2D eigenvalue weighted by Gasteiger charge is -2.41. The highest BCUT2D eigenvalue weighted by molar-refractivity contribution is 5.13. The van der Waals surface area contributed by atoms with E-state index in [2.05, 4.69) is 18.1 Å². The summed E-state index contributed by atoms with van der Waals surface area (Å²) in [5, 5.41) is 4.42. The number of hydrogen-bond acceptors (Lipinski definition) is 2. The fourth-order valence-electron chi connectivity index (χ4n) is 3.35. The summed E-state index contributed by atoms with van der Waals surface area (Å²) in [5.74, 6) is 0.673. The van der Waals surface area contributed by atoms with E-state index in [0.29, 0.717) is 5.92 Å². The zero-order valence-electron chi connectivity index (χ0n) is 11.4. The zero-order chi connectivity index (χ0) is 12.5. The number of aromatic nitrogens is 2. The van der Waals surface area contributed by atoms with E-state index in [1.807, 2.05) is 18.7 Å². The maximum absolute atomic E-state index is 6.68. The van der Waals surface area contributed by atoms with Gasteiger partial charge >= 0.3 is 0 Å². The van der Waals surface area contributed by atoms with Crippen LogP contribution in [-0.2, 0) is 13.5 Å². The molecule has 3 nitrogen and oxygen atoms in total. The summed E-state index contributed by atoms with van der Waals surface area (Å²) in [6, 6.07) is 2.18.